The fourth-order valence-electron chi connectivity index (χ4n) is 5.24. The second kappa shape index (κ2) is 12.0. The molecule has 11 heteroatoms. The van der Waals surface area contributed by atoms with Crippen molar-refractivity contribution in [2.75, 3.05) is 23.7 Å². The third kappa shape index (κ3) is 7.00. The van der Waals surface area contributed by atoms with Crippen molar-refractivity contribution in [3.63, 3.8) is 0 Å². The Labute approximate surface area is 254 Å². The molecule has 2 aromatic heterocycles. The monoisotopic (exact) mass is 603 g/mol. The highest BCUT2D eigenvalue weighted by Gasteiger charge is 2.31. The van der Waals surface area contributed by atoms with Crippen molar-refractivity contribution < 1.29 is 13.2 Å². The van der Waals surface area contributed by atoms with Crippen LogP contribution in [0.3, 0.4) is 0 Å². The first kappa shape index (κ1) is 30.5. The summed E-state index contributed by atoms with van der Waals surface area (Å²) in [4.78, 5) is 17.3. The Kier molecular flexibility index (Phi) is 8.49. The second-order valence-corrected chi connectivity index (χ2v) is 14.4. The lowest BCUT2D eigenvalue weighted by atomic mass is 9.91. The van der Waals surface area contributed by atoms with E-state index in [2.05, 4.69) is 36.4 Å². The van der Waals surface area contributed by atoms with E-state index in [1.165, 1.54) is 0 Å². The third-order valence-electron chi connectivity index (χ3n) is 7.97. The number of hydrogen-bond acceptors (Lipinski definition) is 5. The summed E-state index contributed by atoms with van der Waals surface area (Å²) in [5.41, 5.74) is 4.49. The van der Waals surface area contributed by atoms with Gasteiger partial charge in [-0.2, -0.15) is 9.40 Å². The first-order valence-electron chi connectivity index (χ1n) is 14.6. The molecule has 2 N–H and O–H groups in total. The van der Waals surface area contributed by atoms with Crippen molar-refractivity contribution in [3.05, 3.63) is 83.4 Å². The van der Waals surface area contributed by atoms with Gasteiger partial charge in [0.15, 0.2) is 5.03 Å². The number of urea groups is 1. The molecule has 4 aromatic rings. The van der Waals surface area contributed by atoms with Gasteiger partial charge in [-0.3, -0.25) is 5.32 Å². The molecular formula is C32H41N7O3S. The highest BCUT2D eigenvalue weighted by Crippen LogP contribution is 2.28. The summed E-state index contributed by atoms with van der Waals surface area (Å²) in [6.45, 7) is 11.0. The summed E-state index contributed by atoms with van der Waals surface area (Å²) in [6, 6.07) is 17.4. The molecule has 0 aliphatic carbocycles. The molecule has 5 rings (SSSR count). The van der Waals surface area contributed by atoms with E-state index in [1.54, 1.807) is 33.7 Å². The largest absolute Gasteiger partial charge is 0.337 e. The van der Waals surface area contributed by atoms with Gasteiger partial charge in [-0.15, -0.1) is 0 Å². The summed E-state index contributed by atoms with van der Waals surface area (Å²) in [5, 5.41) is 10.9. The van der Waals surface area contributed by atoms with E-state index in [4.69, 9.17) is 5.10 Å². The van der Waals surface area contributed by atoms with Gasteiger partial charge in [0.1, 0.15) is 11.6 Å². The van der Waals surface area contributed by atoms with Gasteiger partial charge in [-0.1, -0.05) is 50.6 Å². The number of hydrogen-bond donors (Lipinski definition) is 2. The normalized spacial score (nSPS) is 15.0. The Morgan fingerprint density at radius 2 is 1.70 bits per heavy atom. The number of anilines is 2. The fraction of sp³-hybridized carbons (Fsp3) is 0.406. The van der Waals surface area contributed by atoms with Crippen LogP contribution in [0, 0.1) is 19.8 Å². The van der Waals surface area contributed by atoms with Crippen LogP contribution in [0.2, 0.25) is 0 Å². The van der Waals surface area contributed by atoms with Crippen LogP contribution in [0.5, 0.6) is 0 Å². The molecule has 43 heavy (non-hydrogen) atoms. The number of nitrogens with one attached hydrogen (secondary N) is 2. The van der Waals surface area contributed by atoms with Crippen LogP contribution in [-0.4, -0.2) is 51.2 Å². The maximum absolute atomic E-state index is 13.1. The Bertz CT molecular complexity index is 1690. The molecule has 2 amide bonds. The molecule has 1 saturated heterocycles. The SMILES string of the molecule is Cc1ccc(-n2nc(C(C)(C)C)cc2NC(=O)Nc2cccc(CC3CCN(S(=O)(=O)c4cn(C)c(C)n4)CC3)c2)cc1. The lowest BCUT2D eigenvalue weighted by Crippen LogP contribution is -2.39. The fourth-order valence-corrected chi connectivity index (χ4v) is 6.74. The molecule has 228 valence electrons. The van der Waals surface area contributed by atoms with Crippen LogP contribution < -0.4 is 10.6 Å². The third-order valence-corrected chi connectivity index (χ3v) is 9.74. The number of carbonyl (C=O) groups is 1. The Morgan fingerprint density at radius 3 is 2.33 bits per heavy atom. The van der Waals surface area contributed by atoms with E-state index < -0.39 is 10.0 Å². The maximum atomic E-state index is 13.1. The number of amides is 2. The van der Waals surface area contributed by atoms with Crippen molar-refractivity contribution in [2.45, 2.75) is 64.3 Å². The van der Waals surface area contributed by atoms with Crippen molar-refractivity contribution in [1.82, 2.24) is 23.6 Å². The molecule has 0 spiro atoms. The Balaban J connectivity index is 1.21. The molecule has 1 aliphatic rings. The number of imidazole rings is 1. The van der Waals surface area contributed by atoms with E-state index in [-0.39, 0.29) is 16.5 Å². The van der Waals surface area contributed by atoms with E-state index in [0.717, 1.165) is 41.8 Å². The van der Waals surface area contributed by atoms with Gasteiger partial charge in [0.25, 0.3) is 10.0 Å². The average Bonchev–Trinajstić information content (AvgIpc) is 3.53. The lowest BCUT2D eigenvalue weighted by Gasteiger charge is -2.30. The van der Waals surface area contributed by atoms with Crippen molar-refractivity contribution in [1.29, 1.82) is 0 Å². The number of sulfonamides is 1. The van der Waals surface area contributed by atoms with Crippen LogP contribution >= 0.6 is 0 Å². The zero-order chi connectivity index (χ0) is 30.9. The summed E-state index contributed by atoms with van der Waals surface area (Å²) in [6.07, 6.45) is 3.92. The van der Waals surface area contributed by atoms with Gasteiger partial charge in [0, 0.05) is 43.5 Å². The van der Waals surface area contributed by atoms with Gasteiger partial charge in [0.2, 0.25) is 0 Å². The van der Waals surface area contributed by atoms with Crippen LogP contribution in [0.1, 0.15) is 56.3 Å². The van der Waals surface area contributed by atoms with Crippen LogP contribution in [0.4, 0.5) is 16.3 Å². The minimum atomic E-state index is -3.59. The average molecular weight is 604 g/mol. The Hall–Kier alpha value is -3.96. The zero-order valence-electron chi connectivity index (χ0n) is 25.8. The van der Waals surface area contributed by atoms with E-state index >= 15 is 0 Å². The highest BCUT2D eigenvalue weighted by atomic mass is 32.2. The Morgan fingerprint density at radius 1 is 1.00 bits per heavy atom. The van der Waals surface area contributed by atoms with Crippen LogP contribution in [-0.2, 0) is 28.9 Å². The van der Waals surface area contributed by atoms with Gasteiger partial charge < -0.3 is 9.88 Å². The molecule has 2 aromatic carbocycles. The summed E-state index contributed by atoms with van der Waals surface area (Å²) < 4.78 is 31.1. The predicted octanol–water partition coefficient (Wildman–Crippen LogP) is 5.81. The molecular weight excluding hydrogens is 562 g/mol. The van der Waals surface area contributed by atoms with Gasteiger partial charge >= 0.3 is 6.03 Å². The lowest BCUT2D eigenvalue weighted by molar-refractivity contribution is 0.262. The number of rotatable bonds is 7. The topological polar surface area (TPSA) is 114 Å². The first-order chi connectivity index (χ1) is 20.3. The quantitative estimate of drug-likeness (QED) is 0.277. The first-order valence-corrected chi connectivity index (χ1v) is 16.1. The molecule has 1 aliphatic heterocycles. The summed E-state index contributed by atoms with van der Waals surface area (Å²) >= 11 is 0. The summed E-state index contributed by atoms with van der Waals surface area (Å²) in [7, 11) is -1.80. The minimum Gasteiger partial charge on any atom is -0.337 e. The van der Waals surface area contributed by atoms with Crippen LogP contribution in [0.15, 0.2) is 65.8 Å². The molecule has 10 nitrogen and oxygen atoms in total. The van der Waals surface area contributed by atoms with E-state index in [1.807, 2.05) is 61.5 Å². The van der Waals surface area contributed by atoms with Crippen LogP contribution in [0.25, 0.3) is 5.69 Å². The molecule has 0 bridgehead atoms. The van der Waals surface area contributed by atoms with Gasteiger partial charge in [-0.05, 0) is 68.9 Å². The van der Waals surface area contributed by atoms with Crippen molar-refractivity contribution in [2.24, 2.45) is 13.0 Å². The predicted molar refractivity (Wildman–Crippen MR) is 169 cm³/mol. The molecule has 0 atom stereocenters. The number of nitrogens with zero attached hydrogens (tertiary/aromatic N) is 5. The van der Waals surface area contributed by atoms with Gasteiger partial charge in [-0.25, -0.2) is 22.9 Å². The van der Waals surface area contributed by atoms with Crippen molar-refractivity contribution >= 4 is 27.6 Å². The molecule has 0 saturated carbocycles. The highest BCUT2D eigenvalue weighted by molar-refractivity contribution is 7.89. The number of aryl methyl sites for hydroxylation is 3. The summed E-state index contributed by atoms with van der Waals surface area (Å²) in [5.74, 6) is 1.60. The van der Waals surface area contributed by atoms with E-state index in [9.17, 15) is 13.2 Å². The molecule has 1 fully saturated rings. The van der Waals surface area contributed by atoms with Gasteiger partial charge in [0.05, 0.1) is 11.4 Å². The molecule has 0 unspecified atom stereocenters. The smallest absolute Gasteiger partial charge is 0.324 e. The maximum Gasteiger partial charge on any atom is 0.324 e. The van der Waals surface area contributed by atoms with Crippen molar-refractivity contribution in [3.8, 4) is 5.69 Å². The zero-order valence-corrected chi connectivity index (χ0v) is 26.6. The van der Waals surface area contributed by atoms with E-state index in [0.29, 0.717) is 36.3 Å². The standard InChI is InChI=1S/C32H41N7O3S/c1-22-10-12-27(13-11-22)39-29(20-28(36-39)32(3,4)5)35-31(40)34-26-9-7-8-25(19-26)18-24-14-16-38(17-15-24)43(41,42)30-21-37(6)23(2)33-30/h7-13,19-21,24H,14-18H2,1-6H3,(H2,34,35,40). The number of benzene rings is 2. The molecule has 3 heterocycles. The number of aromatic nitrogens is 4. The molecule has 0 radical (unpaired) electrons. The number of carbonyl (C=O) groups excluding carboxylic acids is 1. The second-order valence-electron chi connectivity index (χ2n) is 12.5. The number of piperidine rings is 1. The minimum absolute atomic E-state index is 0.111.